The van der Waals surface area contributed by atoms with Gasteiger partial charge in [0.25, 0.3) is 0 Å². The maximum atomic E-state index is 4.66. The van der Waals surface area contributed by atoms with Crippen molar-refractivity contribution >= 4 is 11.8 Å². The molecule has 4 heteroatoms. The molecule has 1 aromatic carbocycles. The third-order valence-electron chi connectivity index (χ3n) is 3.59. The second-order valence-electron chi connectivity index (χ2n) is 5.61. The van der Waals surface area contributed by atoms with Crippen molar-refractivity contribution in [3.05, 3.63) is 47.8 Å². The van der Waals surface area contributed by atoms with Crippen molar-refractivity contribution in [1.82, 2.24) is 15.1 Å². The molecule has 1 aliphatic heterocycles. The number of hydrogen-bond acceptors (Lipinski definition) is 3. The molecule has 1 unspecified atom stereocenters. The van der Waals surface area contributed by atoms with Crippen molar-refractivity contribution < 1.29 is 0 Å². The molecule has 20 heavy (non-hydrogen) atoms. The van der Waals surface area contributed by atoms with Crippen molar-refractivity contribution in [2.24, 2.45) is 0 Å². The van der Waals surface area contributed by atoms with Crippen LogP contribution in [0, 0.1) is 0 Å². The van der Waals surface area contributed by atoms with E-state index in [0.717, 1.165) is 18.8 Å². The minimum absolute atomic E-state index is 0.498. The van der Waals surface area contributed by atoms with Gasteiger partial charge in [-0.3, -0.25) is 4.68 Å². The van der Waals surface area contributed by atoms with E-state index in [1.54, 1.807) is 0 Å². The molecule has 0 amide bonds. The number of aromatic nitrogens is 2. The molecule has 3 rings (SSSR count). The van der Waals surface area contributed by atoms with Gasteiger partial charge in [-0.05, 0) is 17.7 Å². The first kappa shape index (κ1) is 13.7. The van der Waals surface area contributed by atoms with Gasteiger partial charge >= 0.3 is 0 Å². The number of hydrogen-bond donors (Lipinski definition) is 1. The Morgan fingerprint density at radius 3 is 3.05 bits per heavy atom. The lowest BCUT2D eigenvalue weighted by molar-refractivity contribution is 0.529. The van der Waals surface area contributed by atoms with Crippen LogP contribution in [0.15, 0.2) is 41.4 Å². The fourth-order valence-electron chi connectivity index (χ4n) is 2.51. The maximum Gasteiger partial charge on any atom is 0.0762 e. The summed E-state index contributed by atoms with van der Waals surface area (Å²) in [6, 6.07) is 11.4. The van der Waals surface area contributed by atoms with Crippen molar-refractivity contribution in [2.45, 2.75) is 43.8 Å². The van der Waals surface area contributed by atoms with E-state index in [1.165, 1.54) is 16.2 Å². The molecule has 1 atom stereocenters. The zero-order chi connectivity index (χ0) is 13.9. The van der Waals surface area contributed by atoms with E-state index in [-0.39, 0.29) is 0 Å². The molecular formula is C16H21N3S. The standard InChI is InChI=1S/C16H21N3S/c1-12(2)17-9-14-7-8-19(18-14)10-13-11-20-16-6-4-3-5-15(13)16/h3-8,12-13,17H,9-11H2,1-2H3. The van der Waals surface area contributed by atoms with Crippen LogP contribution >= 0.6 is 11.8 Å². The van der Waals surface area contributed by atoms with Gasteiger partial charge in [0.15, 0.2) is 0 Å². The quantitative estimate of drug-likeness (QED) is 0.915. The van der Waals surface area contributed by atoms with Crippen LogP contribution in [0.1, 0.15) is 31.0 Å². The van der Waals surface area contributed by atoms with Crippen LogP contribution in [0.3, 0.4) is 0 Å². The minimum Gasteiger partial charge on any atom is -0.309 e. The highest BCUT2D eigenvalue weighted by Crippen LogP contribution is 2.39. The molecule has 1 aromatic heterocycles. The summed E-state index contributed by atoms with van der Waals surface area (Å²) < 4.78 is 2.09. The number of rotatable bonds is 5. The summed E-state index contributed by atoms with van der Waals surface area (Å²) in [4.78, 5) is 1.44. The SMILES string of the molecule is CC(C)NCc1ccn(CC2CSc3ccccc32)n1. The predicted octanol–water partition coefficient (Wildman–Crippen LogP) is 3.27. The van der Waals surface area contributed by atoms with Gasteiger partial charge in [-0.15, -0.1) is 11.8 Å². The molecule has 0 saturated carbocycles. The lowest BCUT2D eigenvalue weighted by atomic mass is 10.0. The van der Waals surface area contributed by atoms with Gasteiger partial charge in [0.1, 0.15) is 0 Å². The molecule has 2 heterocycles. The Kier molecular flexibility index (Phi) is 4.13. The Bertz CT molecular complexity index is 577. The second-order valence-corrected chi connectivity index (χ2v) is 6.67. The van der Waals surface area contributed by atoms with Crippen LogP contribution in [-0.4, -0.2) is 21.6 Å². The Morgan fingerprint density at radius 1 is 1.35 bits per heavy atom. The number of thioether (sulfide) groups is 1. The highest BCUT2D eigenvalue weighted by atomic mass is 32.2. The normalized spacial score (nSPS) is 17.6. The van der Waals surface area contributed by atoms with E-state index < -0.39 is 0 Å². The van der Waals surface area contributed by atoms with E-state index in [9.17, 15) is 0 Å². The first-order valence-electron chi connectivity index (χ1n) is 7.20. The second kappa shape index (κ2) is 6.02. The molecule has 2 aromatic rings. The summed E-state index contributed by atoms with van der Waals surface area (Å²) >= 11 is 1.96. The Balaban J connectivity index is 1.64. The van der Waals surface area contributed by atoms with Crippen molar-refractivity contribution in [3.8, 4) is 0 Å². The molecule has 3 nitrogen and oxygen atoms in total. The molecular weight excluding hydrogens is 266 g/mol. The van der Waals surface area contributed by atoms with Crippen LogP contribution in [0.4, 0.5) is 0 Å². The lowest BCUT2D eigenvalue weighted by Crippen LogP contribution is -2.22. The highest BCUT2D eigenvalue weighted by molar-refractivity contribution is 7.99. The maximum absolute atomic E-state index is 4.66. The first-order chi connectivity index (χ1) is 9.72. The average Bonchev–Trinajstić information content (AvgIpc) is 3.05. The molecule has 1 N–H and O–H groups in total. The van der Waals surface area contributed by atoms with E-state index in [0.29, 0.717) is 12.0 Å². The monoisotopic (exact) mass is 287 g/mol. The molecule has 0 spiro atoms. The third-order valence-corrected chi connectivity index (χ3v) is 4.85. The van der Waals surface area contributed by atoms with Gasteiger partial charge in [-0.1, -0.05) is 32.0 Å². The number of fused-ring (bicyclic) bond motifs is 1. The van der Waals surface area contributed by atoms with Crippen LogP contribution < -0.4 is 5.32 Å². The van der Waals surface area contributed by atoms with Gasteiger partial charge in [0.2, 0.25) is 0 Å². The van der Waals surface area contributed by atoms with Gasteiger partial charge in [0.05, 0.1) is 5.69 Å². The summed E-state index contributed by atoms with van der Waals surface area (Å²) in [6.45, 7) is 6.14. The van der Waals surface area contributed by atoms with Crippen LogP contribution in [0.5, 0.6) is 0 Å². The Labute approximate surface area is 124 Å². The molecule has 106 valence electrons. The summed E-state index contributed by atoms with van der Waals surface area (Å²) in [5.41, 5.74) is 2.60. The van der Waals surface area contributed by atoms with Gasteiger partial charge in [-0.25, -0.2) is 0 Å². The Morgan fingerprint density at radius 2 is 2.20 bits per heavy atom. The number of nitrogens with zero attached hydrogens (tertiary/aromatic N) is 2. The number of benzene rings is 1. The molecule has 0 aliphatic carbocycles. The van der Waals surface area contributed by atoms with Crippen LogP contribution in [-0.2, 0) is 13.1 Å². The van der Waals surface area contributed by atoms with E-state index in [2.05, 4.69) is 65.5 Å². The van der Waals surface area contributed by atoms with Crippen molar-refractivity contribution in [1.29, 1.82) is 0 Å². The fraction of sp³-hybridized carbons (Fsp3) is 0.438. The smallest absolute Gasteiger partial charge is 0.0762 e. The van der Waals surface area contributed by atoms with Gasteiger partial charge in [-0.2, -0.15) is 5.10 Å². The van der Waals surface area contributed by atoms with Gasteiger partial charge in [0, 0.05) is 41.9 Å². The average molecular weight is 287 g/mol. The molecule has 0 saturated heterocycles. The largest absolute Gasteiger partial charge is 0.309 e. The van der Waals surface area contributed by atoms with Gasteiger partial charge < -0.3 is 5.32 Å². The number of nitrogens with one attached hydrogen (secondary N) is 1. The van der Waals surface area contributed by atoms with Crippen LogP contribution in [0.2, 0.25) is 0 Å². The first-order valence-corrected chi connectivity index (χ1v) is 8.18. The molecule has 0 bridgehead atoms. The summed E-state index contributed by atoms with van der Waals surface area (Å²) in [7, 11) is 0. The van der Waals surface area contributed by atoms with E-state index >= 15 is 0 Å². The highest BCUT2D eigenvalue weighted by Gasteiger charge is 2.23. The van der Waals surface area contributed by atoms with Crippen LogP contribution in [0.25, 0.3) is 0 Å². The van der Waals surface area contributed by atoms with Crippen molar-refractivity contribution in [2.75, 3.05) is 5.75 Å². The molecule has 1 aliphatic rings. The topological polar surface area (TPSA) is 29.9 Å². The minimum atomic E-state index is 0.498. The lowest BCUT2D eigenvalue weighted by Gasteiger charge is -2.10. The predicted molar refractivity (Wildman–Crippen MR) is 84.1 cm³/mol. The van der Waals surface area contributed by atoms with E-state index in [4.69, 9.17) is 0 Å². The summed E-state index contributed by atoms with van der Waals surface area (Å²) in [6.07, 6.45) is 2.10. The zero-order valence-electron chi connectivity index (χ0n) is 12.0. The van der Waals surface area contributed by atoms with Crippen molar-refractivity contribution in [3.63, 3.8) is 0 Å². The third kappa shape index (κ3) is 3.07. The zero-order valence-corrected chi connectivity index (χ0v) is 12.9. The fourth-order valence-corrected chi connectivity index (χ4v) is 3.76. The Hall–Kier alpha value is -1.26. The molecule has 0 fully saturated rings. The summed E-state index contributed by atoms with van der Waals surface area (Å²) in [5, 5.41) is 8.07. The van der Waals surface area contributed by atoms with E-state index in [1.807, 2.05) is 11.8 Å². The summed E-state index contributed by atoms with van der Waals surface area (Å²) in [5.74, 6) is 1.75. The molecule has 0 radical (unpaired) electrons.